The molecule has 0 aliphatic rings. The van der Waals surface area contributed by atoms with Crippen molar-refractivity contribution in [1.29, 1.82) is 0 Å². The Balaban J connectivity index is 2.07. The third kappa shape index (κ3) is 4.46. The molecule has 0 amide bonds. The van der Waals surface area contributed by atoms with E-state index in [1.807, 2.05) is 42.5 Å². The minimum atomic E-state index is -0.00636. The fourth-order valence-corrected chi connectivity index (χ4v) is 3.24. The summed E-state index contributed by atoms with van der Waals surface area (Å²) >= 11 is 0. The van der Waals surface area contributed by atoms with Gasteiger partial charge in [0.15, 0.2) is 5.43 Å². The van der Waals surface area contributed by atoms with Gasteiger partial charge >= 0.3 is 0 Å². The molecule has 0 saturated heterocycles. The summed E-state index contributed by atoms with van der Waals surface area (Å²) in [6.07, 6.45) is 3.99. The number of rotatable bonds is 6. The van der Waals surface area contributed by atoms with Gasteiger partial charge in [0.25, 0.3) is 0 Å². The summed E-state index contributed by atoms with van der Waals surface area (Å²) in [6, 6.07) is 17.2. The van der Waals surface area contributed by atoms with Crippen molar-refractivity contribution >= 4 is 11.0 Å². The summed E-state index contributed by atoms with van der Waals surface area (Å²) in [5, 5.41) is 0.634. The van der Waals surface area contributed by atoms with E-state index in [1.165, 1.54) is 5.57 Å². The average Bonchev–Trinajstić information content (AvgIpc) is 2.65. The maximum absolute atomic E-state index is 12.7. The Morgan fingerprint density at radius 2 is 1.81 bits per heavy atom. The first-order valence-corrected chi connectivity index (χ1v) is 9.35. The molecule has 1 unspecified atom stereocenters. The predicted molar refractivity (Wildman–Crippen MR) is 114 cm³/mol. The summed E-state index contributed by atoms with van der Waals surface area (Å²) in [7, 11) is 0. The van der Waals surface area contributed by atoms with Crippen LogP contribution in [0.2, 0.25) is 0 Å². The first-order valence-electron chi connectivity index (χ1n) is 9.35. The maximum Gasteiger partial charge on any atom is 0.193 e. The molecule has 1 aromatic heterocycles. The van der Waals surface area contributed by atoms with Crippen LogP contribution in [0.5, 0.6) is 0 Å². The van der Waals surface area contributed by atoms with Crippen LogP contribution in [0.15, 0.2) is 87.6 Å². The molecule has 0 aliphatic carbocycles. The lowest BCUT2D eigenvalue weighted by Crippen LogP contribution is -2.07. The third-order valence-corrected chi connectivity index (χ3v) is 4.87. The molecular formula is C25H26O2. The third-order valence-electron chi connectivity index (χ3n) is 4.87. The van der Waals surface area contributed by atoms with Gasteiger partial charge in [-0.1, -0.05) is 66.3 Å². The molecule has 2 nitrogen and oxygen atoms in total. The highest BCUT2D eigenvalue weighted by atomic mass is 16.3. The van der Waals surface area contributed by atoms with Gasteiger partial charge in [0.1, 0.15) is 11.3 Å². The van der Waals surface area contributed by atoms with Gasteiger partial charge in [-0.15, -0.1) is 0 Å². The quantitative estimate of drug-likeness (QED) is 0.468. The fourth-order valence-electron chi connectivity index (χ4n) is 3.24. The number of fused-ring (bicyclic) bond motifs is 1. The van der Waals surface area contributed by atoms with Crippen molar-refractivity contribution < 1.29 is 4.42 Å². The van der Waals surface area contributed by atoms with Crippen LogP contribution in [-0.2, 0) is 6.42 Å². The zero-order valence-electron chi connectivity index (χ0n) is 16.3. The van der Waals surface area contributed by atoms with Crippen molar-refractivity contribution in [3.8, 4) is 11.3 Å². The summed E-state index contributed by atoms with van der Waals surface area (Å²) in [4.78, 5) is 12.7. The Hall–Kier alpha value is -2.87. The van der Waals surface area contributed by atoms with E-state index < -0.39 is 0 Å². The van der Waals surface area contributed by atoms with Gasteiger partial charge in [-0.25, -0.2) is 0 Å². The van der Waals surface area contributed by atoms with E-state index in [4.69, 9.17) is 4.42 Å². The highest BCUT2D eigenvalue weighted by molar-refractivity contribution is 5.81. The highest BCUT2D eigenvalue weighted by Gasteiger charge is 2.15. The summed E-state index contributed by atoms with van der Waals surface area (Å²) in [5.74, 6) is 0.924. The lowest BCUT2D eigenvalue weighted by molar-refractivity contribution is 0.588. The second kappa shape index (κ2) is 8.22. The van der Waals surface area contributed by atoms with Gasteiger partial charge in [0.05, 0.1) is 5.39 Å². The van der Waals surface area contributed by atoms with Crippen LogP contribution in [0.3, 0.4) is 0 Å². The topological polar surface area (TPSA) is 30.2 Å². The highest BCUT2D eigenvalue weighted by Crippen LogP contribution is 2.28. The monoisotopic (exact) mass is 358 g/mol. The molecule has 138 valence electrons. The van der Waals surface area contributed by atoms with Crippen molar-refractivity contribution in [1.82, 2.24) is 0 Å². The van der Waals surface area contributed by atoms with E-state index in [1.54, 1.807) is 6.07 Å². The Morgan fingerprint density at radius 1 is 1.07 bits per heavy atom. The molecule has 0 N–H and O–H groups in total. The van der Waals surface area contributed by atoms with E-state index in [2.05, 4.69) is 39.5 Å². The average molecular weight is 358 g/mol. The van der Waals surface area contributed by atoms with Crippen LogP contribution in [0, 0.1) is 5.92 Å². The number of hydrogen-bond acceptors (Lipinski definition) is 2. The SMILES string of the molecule is C=C(C)C(CC=C(C)C)Cc1cccc2c(=O)cc(-c3ccccc3)oc12. The van der Waals surface area contributed by atoms with Gasteiger partial charge in [-0.2, -0.15) is 0 Å². The summed E-state index contributed by atoms with van der Waals surface area (Å²) < 4.78 is 6.22. The number of para-hydroxylation sites is 1. The van der Waals surface area contributed by atoms with E-state index >= 15 is 0 Å². The van der Waals surface area contributed by atoms with Crippen LogP contribution >= 0.6 is 0 Å². The van der Waals surface area contributed by atoms with Crippen LogP contribution < -0.4 is 5.43 Å². The van der Waals surface area contributed by atoms with E-state index in [0.717, 1.165) is 29.5 Å². The lowest BCUT2D eigenvalue weighted by atomic mass is 9.89. The molecule has 1 heterocycles. The van der Waals surface area contributed by atoms with Crippen molar-refractivity contribution in [3.05, 3.63) is 94.2 Å². The normalized spacial score (nSPS) is 12.0. The molecule has 0 aliphatic heterocycles. The molecule has 1 atom stereocenters. The van der Waals surface area contributed by atoms with Gasteiger partial charge in [-0.05, 0) is 51.2 Å². The van der Waals surface area contributed by atoms with Gasteiger partial charge in [0.2, 0.25) is 0 Å². The largest absolute Gasteiger partial charge is 0.456 e. The standard InChI is InChI=1S/C25H26O2/c1-17(2)13-14-20(18(3)4)15-21-11-8-12-22-23(26)16-24(27-25(21)22)19-9-6-5-7-10-19/h5-13,16,20H,3,14-15H2,1-2,4H3. The molecule has 27 heavy (non-hydrogen) atoms. The summed E-state index contributed by atoms with van der Waals surface area (Å²) in [6.45, 7) is 10.5. The Labute approximate surface area is 160 Å². The first-order chi connectivity index (χ1) is 13.0. The lowest BCUT2D eigenvalue weighted by Gasteiger charge is -2.17. The van der Waals surface area contributed by atoms with Crippen LogP contribution in [0.1, 0.15) is 32.8 Å². The van der Waals surface area contributed by atoms with Gasteiger partial charge in [-0.3, -0.25) is 4.79 Å². The molecule has 0 radical (unpaired) electrons. The Morgan fingerprint density at radius 3 is 2.48 bits per heavy atom. The van der Waals surface area contributed by atoms with Crippen LogP contribution in [-0.4, -0.2) is 0 Å². The van der Waals surface area contributed by atoms with Crippen molar-refractivity contribution in [3.63, 3.8) is 0 Å². The Bertz CT molecular complexity index is 1030. The van der Waals surface area contributed by atoms with E-state index in [0.29, 0.717) is 22.6 Å². The molecule has 2 heteroatoms. The molecule has 0 saturated carbocycles. The van der Waals surface area contributed by atoms with Crippen LogP contribution in [0.25, 0.3) is 22.3 Å². The van der Waals surface area contributed by atoms with Crippen molar-refractivity contribution in [2.45, 2.75) is 33.6 Å². The number of hydrogen-bond donors (Lipinski definition) is 0. The number of benzene rings is 2. The minimum absolute atomic E-state index is 0.00636. The molecule has 0 bridgehead atoms. The maximum atomic E-state index is 12.7. The summed E-state index contributed by atoms with van der Waals surface area (Å²) in [5.41, 5.74) is 5.09. The van der Waals surface area contributed by atoms with Gasteiger partial charge in [0, 0.05) is 11.6 Å². The zero-order chi connectivity index (χ0) is 19.4. The van der Waals surface area contributed by atoms with Crippen molar-refractivity contribution in [2.75, 3.05) is 0 Å². The van der Waals surface area contributed by atoms with E-state index in [-0.39, 0.29) is 5.43 Å². The number of allylic oxidation sites excluding steroid dienone is 3. The second-order valence-corrected chi connectivity index (χ2v) is 7.40. The minimum Gasteiger partial charge on any atom is -0.456 e. The second-order valence-electron chi connectivity index (χ2n) is 7.40. The molecular weight excluding hydrogens is 332 g/mol. The smallest absolute Gasteiger partial charge is 0.193 e. The molecule has 0 spiro atoms. The van der Waals surface area contributed by atoms with Gasteiger partial charge < -0.3 is 4.42 Å². The predicted octanol–water partition coefficient (Wildman–Crippen LogP) is 6.55. The first kappa shape index (κ1) is 18.9. The Kier molecular flexibility index (Phi) is 5.75. The molecule has 3 aromatic rings. The molecule has 3 rings (SSSR count). The fraction of sp³-hybridized carbons (Fsp3) is 0.240. The molecule has 0 fully saturated rings. The van der Waals surface area contributed by atoms with Crippen LogP contribution in [0.4, 0.5) is 0 Å². The van der Waals surface area contributed by atoms with Crippen molar-refractivity contribution in [2.24, 2.45) is 5.92 Å². The zero-order valence-corrected chi connectivity index (χ0v) is 16.3. The molecule has 2 aromatic carbocycles. The van der Waals surface area contributed by atoms with E-state index in [9.17, 15) is 4.79 Å².